The lowest BCUT2D eigenvalue weighted by Gasteiger charge is -2.38. The van der Waals surface area contributed by atoms with Crippen molar-refractivity contribution in [1.29, 1.82) is 0 Å². The molecule has 0 aromatic carbocycles. The van der Waals surface area contributed by atoms with E-state index in [1.807, 2.05) is 0 Å². The van der Waals surface area contributed by atoms with Gasteiger partial charge in [0.2, 0.25) is 5.95 Å². The second-order valence-electron chi connectivity index (χ2n) is 5.64. The predicted octanol–water partition coefficient (Wildman–Crippen LogP) is 2.08. The average Bonchev–Trinajstić information content (AvgIpc) is 2.87. The van der Waals surface area contributed by atoms with Gasteiger partial charge in [0.25, 0.3) is 0 Å². The number of carboxylic acids is 1. The normalized spacial score (nSPS) is 24.7. The highest BCUT2D eigenvalue weighted by Gasteiger charge is 2.40. The quantitative estimate of drug-likeness (QED) is 0.880. The van der Waals surface area contributed by atoms with Gasteiger partial charge in [-0.25, -0.2) is 14.8 Å². The van der Waals surface area contributed by atoms with Gasteiger partial charge >= 0.3 is 5.97 Å². The highest BCUT2D eigenvalue weighted by Crippen LogP contribution is 2.40. The molecule has 1 spiro atoms. The molecule has 20 heavy (non-hydrogen) atoms. The summed E-state index contributed by atoms with van der Waals surface area (Å²) in [5, 5.41) is 12.2. The number of carboxylic acid groups (broad SMARTS) is 1. The standard InChI is InChI=1S/C14H19N3O3/c18-12(19)11-3-7-15-13(17-11)16-10-4-8-20-14(9-10)5-1-2-6-14/h3,7,10H,1-2,4-6,8-9H2,(H,18,19)(H,15,16,17). The molecular formula is C14H19N3O3. The van der Waals surface area contributed by atoms with Crippen molar-refractivity contribution in [1.82, 2.24) is 9.97 Å². The predicted molar refractivity (Wildman–Crippen MR) is 72.8 cm³/mol. The van der Waals surface area contributed by atoms with Crippen molar-refractivity contribution in [2.24, 2.45) is 0 Å². The van der Waals surface area contributed by atoms with E-state index < -0.39 is 5.97 Å². The Labute approximate surface area is 117 Å². The number of hydrogen-bond acceptors (Lipinski definition) is 5. The zero-order valence-electron chi connectivity index (χ0n) is 11.3. The van der Waals surface area contributed by atoms with Crippen LogP contribution in [0.25, 0.3) is 0 Å². The molecule has 0 bridgehead atoms. The maximum Gasteiger partial charge on any atom is 0.354 e. The maximum absolute atomic E-state index is 10.9. The highest BCUT2D eigenvalue weighted by molar-refractivity contribution is 5.85. The van der Waals surface area contributed by atoms with Crippen LogP contribution < -0.4 is 5.32 Å². The van der Waals surface area contributed by atoms with Crippen molar-refractivity contribution < 1.29 is 14.6 Å². The van der Waals surface area contributed by atoms with E-state index in [2.05, 4.69) is 15.3 Å². The zero-order valence-corrected chi connectivity index (χ0v) is 11.3. The highest BCUT2D eigenvalue weighted by atomic mass is 16.5. The summed E-state index contributed by atoms with van der Waals surface area (Å²) in [6, 6.07) is 1.65. The van der Waals surface area contributed by atoms with Crippen molar-refractivity contribution in [3.05, 3.63) is 18.0 Å². The summed E-state index contributed by atoms with van der Waals surface area (Å²) in [5.74, 6) is -0.639. The number of hydrogen-bond donors (Lipinski definition) is 2. The maximum atomic E-state index is 10.9. The van der Waals surface area contributed by atoms with Crippen LogP contribution in [0.15, 0.2) is 12.3 Å². The molecular weight excluding hydrogens is 258 g/mol. The summed E-state index contributed by atoms with van der Waals surface area (Å²) in [5.41, 5.74) is 0.0467. The van der Waals surface area contributed by atoms with Crippen LogP contribution >= 0.6 is 0 Å². The summed E-state index contributed by atoms with van der Waals surface area (Å²) < 4.78 is 5.98. The molecule has 3 rings (SSSR count). The van der Waals surface area contributed by atoms with Gasteiger partial charge in [0, 0.05) is 18.8 Å². The minimum atomic E-state index is -1.03. The van der Waals surface area contributed by atoms with Crippen LogP contribution in [0.4, 0.5) is 5.95 Å². The molecule has 0 radical (unpaired) electrons. The molecule has 6 nitrogen and oxygen atoms in total. The minimum Gasteiger partial charge on any atom is -0.477 e. The molecule has 1 atom stereocenters. The van der Waals surface area contributed by atoms with E-state index in [1.54, 1.807) is 0 Å². The Balaban J connectivity index is 1.68. The number of nitrogens with one attached hydrogen (secondary N) is 1. The van der Waals surface area contributed by atoms with Gasteiger partial charge < -0.3 is 15.2 Å². The summed E-state index contributed by atoms with van der Waals surface area (Å²) in [4.78, 5) is 19.0. The number of ether oxygens (including phenoxy) is 1. The summed E-state index contributed by atoms with van der Waals surface area (Å²) >= 11 is 0. The Kier molecular flexibility index (Phi) is 3.56. The molecule has 1 saturated carbocycles. The van der Waals surface area contributed by atoms with Crippen LogP contribution in [0.3, 0.4) is 0 Å². The van der Waals surface area contributed by atoms with Crippen molar-refractivity contribution in [2.75, 3.05) is 11.9 Å². The Morgan fingerprint density at radius 3 is 3.00 bits per heavy atom. The van der Waals surface area contributed by atoms with E-state index in [-0.39, 0.29) is 17.3 Å². The van der Waals surface area contributed by atoms with Crippen LogP contribution in [0.2, 0.25) is 0 Å². The van der Waals surface area contributed by atoms with Gasteiger partial charge in [0.1, 0.15) is 0 Å². The van der Waals surface area contributed by atoms with Crippen LogP contribution in [0, 0.1) is 0 Å². The molecule has 0 amide bonds. The molecule has 2 N–H and O–H groups in total. The topological polar surface area (TPSA) is 84.3 Å². The largest absolute Gasteiger partial charge is 0.477 e. The second-order valence-corrected chi connectivity index (χ2v) is 5.64. The van der Waals surface area contributed by atoms with Gasteiger partial charge in [0.05, 0.1) is 5.60 Å². The van der Waals surface area contributed by atoms with E-state index in [0.717, 1.165) is 32.3 Å². The van der Waals surface area contributed by atoms with Crippen LogP contribution in [0.1, 0.15) is 49.0 Å². The number of aromatic nitrogens is 2. The van der Waals surface area contributed by atoms with Crippen LogP contribution in [0.5, 0.6) is 0 Å². The Bertz CT molecular complexity index is 500. The molecule has 2 aliphatic rings. The van der Waals surface area contributed by atoms with Gasteiger partial charge in [-0.05, 0) is 31.7 Å². The second kappa shape index (κ2) is 5.36. The van der Waals surface area contributed by atoms with Gasteiger partial charge in [-0.1, -0.05) is 12.8 Å². The molecule has 1 unspecified atom stereocenters. The van der Waals surface area contributed by atoms with Gasteiger partial charge in [-0.2, -0.15) is 0 Å². The third-order valence-corrected chi connectivity index (χ3v) is 4.22. The first-order chi connectivity index (χ1) is 9.67. The Morgan fingerprint density at radius 1 is 1.45 bits per heavy atom. The van der Waals surface area contributed by atoms with Crippen molar-refractivity contribution >= 4 is 11.9 Å². The van der Waals surface area contributed by atoms with E-state index in [1.165, 1.54) is 25.1 Å². The molecule has 1 aromatic heterocycles. The lowest BCUT2D eigenvalue weighted by Crippen LogP contribution is -2.42. The SMILES string of the molecule is O=C(O)c1ccnc(NC2CCOC3(CCCC3)C2)n1. The average molecular weight is 277 g/mol. The van der Waals surface area contributed by atoms with Gasteiger partial charge in [0.15, 0.2) is 5.69 Å². The Hall–Kier alpha value is -1.69. The van der Waals surface area contributed by atoms with Crippen molar-refractivity contribution in [2.45, 2.75) is 50.2 Å². The molecule has 108 valence electrons. The van der Waals surface area contributed by atoms with E-state index >= 15 is 0 Å². The van der Waals surface area contributed by atoms with Crippen molar-refractivity contribution in [3.8, 4) is 0 Å². The molecule has 6 heteroatoms. The first-order valence-corrected chi connectivity index (χ1v) is 7.14. The molecule has 1 saturated heterocycles. The third-order valence-electron chi connectivity index (χ3n) is 4.22. The first-order valence-electron chi connectivity index (χ1n) is 7.14. The number of rotatable bonds is 3. The monoisotopic (exact) mass is 277 g/mol. The number of aromatic carboxylic acids is 1. The molecule has 1 aliphatic heterocycles. The summed E-state index contributed by atoms with van der Waals surface area (Å²) in [7, 11) is 0. The molecule has 2 heterocycles. The smallest absolute Gasteiger partial charge is 0.354 e. The fraction of sp³-hybridized carbons (Fsp3) is 0.643. The zero-order chi connectivity index (χ0) is 14.0. The van der Waals surface area contributed by atoms with Crippen molar-refractivity contribution in [3.63, 3.8) is 0 Å². The summed E-state index contributed by atoms with van der Waals surface area (Å²) in [6.45, 7) is 0.746. The van der Waals surface area contributed by atoms with Gasteiger partial charge in [-0.15, -0.1) is 0 Å². The van der Waals surface area contributed by atoms with E-state index in [0.29, 0.717) is 5.95 Å². The lowest BCUT2D eigenvalue weighted by atomic mass is 9.89. The lowest BCUT2D eigenvalue weighted by molar-refractivity contribution is -0.0767. The van der Waals surface area contributed by atoms with Crippen LogP contribution in [-0.2, 0) is 4.74 Å². The molecule has 1 aliphatic carbocycles. The fourth-order valence-electron chi connectivity index (χ4n) is 3.25. The summed E-state index contributed by atoms with van der Waals surface area (Å²) in [6.07, 6.45) is 8.05. The Morgan fingerprint density at radius 2 is 2.25 bits per heavy atom. The van der Waals surface area contributed by atoms with Gasteiger partial charge in [-0.3, -0.25) is 0 Å². The van der Waals surface area contributed by atoms with Crippen LogP contribution in [-0.4, -0.2) is 39.3 Å². The van der Waals surface area contributed by atoms with E-state index in [9.17, 15) is 4.79 Å². The molecule has 1 aromatic rings. The fourth-order valence-corrected chi connectivity index (χ4v) is 3.25. The minimum absolute atomic E-state index is 0.0186. The number of carbonyl (C=O) groups is 1. The number of nitrogens with zero attached hydrogens (tertiary/aromatic N) is 2. The third kappa shape index (κ3) is 2.75. The first kappa shape index (κ1) is 13.3. The molecule has 2 fully saturated rings. The number of anilines is 1. The van der Waals surface area contributed by atoms with E-state index in [4.69, 9.17) is 9.84 Å².